The molecular formula is C27H24N4O7S. The summed E-state index contributed by atoms with van der Waals surface area (Å²) in [5.41, 5.74) is 1.94. The van der Waals surface area contributed by atoms with Crippen LogP contribution < -0.4 is 14.4 Å². The van der Waals surface area contributed by atoms with Gasteiger partial charge in [-0.05, 0) is 43.7 Å². The molecule has 0 bridgehead atoms. The highest BCUT2D eigenvalue weighted by molar-refractivity contribution is 7.17. The minimum Gasteiger partial charge on any atom is -0.505 e. The van der Waals surface area contributed by atoms with Gasteiger partial charge in [-0.15, -0.1) is 0 Å². The van der Waals surface area contributed by atoms with Crippen LogP contribution in [-0.2, 0) is 14.3 Å². The third-order valence-electron chi connectivity index (χ3n) is 6.46. The van der Waals surface area contributed by atoms with Crippen molar-refractivity contribution in [3.8, 4) is 11.5 Å². The molecule has 1 atom stereocenters. The number of carbonyl (C=O) groups is 3. The number of Topliss-reactive ketones (excluding diaryl/α,β-unsaturated/α-hetero) is 1. The number of amides is 1. The van der Waals surface area contributed by atoms with Crippen LogP contribution in [0.3, 0.4) is 0 Å². The lowest BCUT2D eigenvalue weighted by molar-refractivity contribution is -0.132. The summed E-state index contributed by atoms with van der Waals surface area (Å²) in [6.45, 7) is 3.31. The summed E-state index contributed by atoms with van der Waals surface area (Å²) in [5, 5.41) is 11.8. The fourth-order valence-corrected chi connectivity index (χ4v) is 5.67. The van der Waals surface area contributed by atoms with Gasteiger partial charge in [0, 0.05) is 6.20 Å². The number of ketones is 1. The molecule has 3 aromatic heterocycles. The first-order chi connectivity index (χ1) is 18.7. The number of nitrogens with zero attached hydrogens (tertiary/aromatic N) is 4. The van der Waals surface area contributed by atoms with Gasteiger partial charge in [0.05, 0.1) is 44.3 Å². The molecule has 11 nitrogen and oxygen atoms in total. The summed E-state index contributed by atoms with van der Waals surface area (Å²) < 4.78 is 17.3. The Morgan fingerprint density at radius 2 is 1.74 bits per heavy atom. The molecule has 1 aliphatic heterocycles. The number of fused-ring (bicyclic) bond motifs is 1. The maximum Gasteiger partial charge on any atom is 0.350 e. The highest BCUT2D eigenvalue weighted by atomic mass is 32.1. The molecule has 1 unspecified atom stereocenters. The van der Waals surface area contributed by atoms with E-state index >= 15 is 0 Å². The van der Waals surface area contributed by atoms with Crippen LogP contribution in [-0.4, -0.2) is 58.5 Å². The van der Waals surface area contributed by atoms with Crippen molar-refractivity contribution in [3.63, 3.8) is 0 Å². The number of aliphatic hydroxyl groups excluding tert-OH is 1. The van der Waals surface area contributed by atoms with E-state index in [2.05, 4.69) is 9.97 Å². The van der Waals surface area contributed by atoms with Gasteiger partial charge in [0.15, 0.2) is 22.4 Å². The highest BCUT2D eigenvalue weighted by Crippen LogP contribution is 2.45. The number of benzene rings is 1. The van der Waals surface area contributed by atoms with Crippen molar-refractivity contribution in [2.24, 2.45) is 0 Å². The first kappa shape index (κ1) is 25.9. The number of thiazole rings is 1. The first-order valence-corrected chi connectivity index (χ1v) is 12.6. The van der Waals surface area contributed by atoms with Crippen LogP contribution in [0.15, 0.2) is 48.2 Å². The van der Waals surface area contributed by atoms with E-state index in [1.165, 1.54) is 26.2 Å². The van der Waals surface area contributed by atoms with Crippen molar-refractivity contribution in [1.82, 2.24) is 14.4 Å². The van der Waals surface area contributed by atoms with Crippen molar-refractivity contribution in [2.75, 3.05) is 26.2 Å². The van der Waals surface area contributed by atoms with Crippen LogP contribution >= 0.6 is 11.3 Å². The Morgan fingerprint density at radius 1 is 1.00 bits per heavy atom. The molecule has 39 heavy (non-hydrogen) atoms. The molecule has 200 valence electrons. The number of hydrogen-bond donors (Lipinski definition) is 1. The molecule has 1 amide bonds. The Labute approximate surface area is 226 Å². The van der Waals surface area contributed by atoms with Gasteiger partial charge >= 0.3 is 11.9 Å². The molecule has 1 saturated heterocycles. The number of aliphatic hydroxyl groups is 1. The molecule has 1 N–H and O–H groups in total. The number of ether oxygens (including phenoxy) is 3. The smallest absolute Gasteiger partial charge is 0.350 e. The highest BCUT2D eigenvalue weighted by Gasteiger charge is 2.49. The molecule has 4 aromatic rings. The summed E-state index contributed by atoms with van der Waals surface area (Å²) in [6, 6.07) is 9.16. The fraction of sp³-hybridized carbons (Fsp3) is 0.222. The molecule has 4 heterocycles. The molecular weight excluding hydrogens is 524 g/mol. The second kappa shape index (κ2) is 9.87. The number of methoxy groups -OCH3 is 3. The van der Waals surface area contributed by atoms with Gasteiger partial charge < -0.3 is 19.3 Å². The van der Waals surface area contributed by atoms with Crippen molar-refractivity contribution in [2.45, 2.75) is 19.9 Å². The zero-order chi connectivity index (χ0) is 28.0. The zero-order valence-corrected chi connectivity index (χ0v) is 22.5. The summed E-state index contributed by atoms with van der Waals surface area (Å²) in [7, 11) is 4.20. The van der Waals surface area contributed by atoms with Gasteiger partial charge in [-0.3, -0.25) is 18.9 Å². The topological polar surface area (TPSA) is 133 Å². The van der Waals surface area contributed by atoms with E-state index in [1.807, 2.05) is 0 Å². The average Bonchev–Trinajstić information content (AvgIpc) is 3.57. The number of esters is 1. The van der Waals surface area contributed by atoms with Crippen LogP contribution in [0.25, 0.3) is 11.4 Å². The SMILES string of the molecule is COC(=O)c1sc(N2C(=O)C(=O)/C(=C(/O)c3c(C)nc4ccccn34)C2c2ccc(OC)c(OC)c2)nc1C. The van der Waals surface area contributed by atoms with Crippen LogP contribution in [0, 0.1) is 13.8 Å². The standard InChI is InChI=1S/C27H24N4O7S/c1-13-20(30-11-7-6-8-18(30)28-13)22(32)19-21(15-9-10-16(36-3)17(12-15)37-4)31(25(34)23(19)33)27-29-14(2)24(39-27)26(35)38-5/h6-12,21,32H,1-5H3/b22-19+. The van der Waals surface area contributed by atoms with E-state index in [1.54, 1.807) is 60.8 Å². The summed E-state index contributed by atoms with van der Waals surface area (Å²) >= 11 is 0.918. The molecule has 1 aromatic carbocycles. The summed E-state index contributed by atoms with van der Waals surface area (Å²) in [4.78, 5) is 49.7. The molecule has 0 spiro atoms. The van der Waals surface area contributed by atoms with Crippen molar-refractivity contribution in [3.05, 3.63) is 75.7 Å². The van der Waals surface area contributed by atoms with Crippen molar-refractivity contribution >= 4 is 45.5 Å². The van der Waals surface area contributed by atoms with E-state index in [-0.39, 0.29) is 21.3 Å². The fourth-order valence-electron chi connectivity index (χ4n) is 4.66. The Hall–Kier alpha value is -4.71. The summed E-state index contributed by atoms with van der Waals surface area (Å²) in [5.74, 6) is -2.03. The molecule has 0 saturated carbocycles. The predicted molar refractivity (Wildman–Crippen MR) is 142 cm³/mol. The lowest BCUT2D eigenvalue weighted by Gasteiger charge is -2.23. The normalized spacial score (nSPS) is 16.6. The second-order valence-electron chi connectivity index (χ2n) is 8.66. The number of aromatic nitrogens is 3. The van der Waals surface area contributed by atoms with Crippen molar-refractivity contribution < 1.29 is 33.7 Å². The Balaban J connectivity index is 1.79. The molecule has 5 rings (SSSR count). The zero-order valence-electron chi connectivity index (χ0n) is 21.7. The van der Waals surface area contributed by atoms with E-state index < -0.39 is 29.5 Å². The number of hydrogen-bond acceptors (Lipinski definition) is 10. The van der Waals surface area contributed by atoms with Gasteiger partial charge in [-0.2, -0.15) is 0 Å². The van der Waals surface area contributed by atoms with E-state index in [4.69, 9.17) is 14.2 Å². The molecule has 1 aliphatic rings. The molecule has 12 heteroatoms. The van der Waals surface area contributed by atoms with Crippen molar-refractivity contribution in [1.29, 1.82) is 0 Å². The van der Waals surface area contributed by atoms with Gasteiger partial charge in [-0.1, -0.05) is 23.5 Å². The lowest BCUT2D eigenvalue weighted by Crippen LogP contribution is -2.29. The van der Waals surface area contributed by atoms with Gasteiger partial charge in [0.2, 0.25) is 0 Å². The van der Waals surface area contributed by atoms with Gasteiger partial charge in [0.1, 0.15) is 16.2 Å². The second-order valence-corrected chi connectivity index (χ2v) is 9.64. The average molecular weight is 549 g/mol. The number of imidazole rings is 1. The number of anilines is 1. The minimum absolute atomic E-state index is 0.101. The maximum absolute atomic E-state index is 13.6. The van der Waals surface area contributed by atoms with Gasteiger partial charge in [-0.25, -0.2) is 14.8 Å². The Morgan fingerprint density at radius 3 is 2.44 bits per heavy atom. The Bertz CT molecular complexity index is 1690. The largest absolute Gasteiger partial charge is 0.505 e. The van der Waals surface area contributed by atoms with Gasteiger partial charge in [0.25, 0.3) is 5.78 Å². The number of rotatable bonds is 6. The van der Waals surface area contributed by atoms with E-state index in [0.717, 1.165) is 11.3 Å². The summed E-state index contributed by atoms with van der Waals surface area (Å²) in [6.07, 6.45) is 1.71. The molecule has 0 aliphatic carbocycles. The van der Waals surface area contributed by atoms with Crippen LogP contribution in [0.5, 0.6) is 11.5 Å². The number of pyridine rings is 1. The quantitative estimate of drug-likeness (QED) is 0.165. The van der Waals surface area contributed by atoms with Crippen LogP contribution in [0.2, 0.25) is 0 Å². The molecule has 1 fully saturated rings. The Kier molecular flexibility index (Phi) is 6.56. The monoisotopic (exact) mass is 548 g/mol. The maximum atomic E-state index is 13.6. The predicted octanol–water partition coefficient (Wildman–Crippen LogP) is 3.84. The lowest BCUT2D eigenvalue weighted by atomic mass is 9.96. The third kappa shape index (κ3) is 4.09. The minimum atomic E-state index is -1.10. The van der Waals surface area contributed by atoms with E-state index in [9.17, 15) is 19.5 Å². The first-order valence-electron chi connectivity index (χ1n) is 11.7. The van der Waals surface area contributed by atoms with Crippen LogP contribution in [0.1, 0.15) is 38.4 Å². The van der Waals surface area contributed by atoms with Crippen LogP contribution in [0.4, 0.5) is 5.13 Å². The molecule has 0 radical (unpaired) electrons. The number of carbonyl (C=O) groups excluding carboxylic acids is 3. The third-order valence-corrected chi connectivity index (χ3v) is 7.60. The van der Waals surface area contributed by atoms with E-state index in [0.29, 0.717) is 34.1 Å². The number of aryl methyl sites for hydroxylation is 2.